The number of rotatable bonds is 5. The number of benzene rings is 2. The molecule has 0 aliphatic rings. The van der Waals surface area contributed by atoms with Gasteiger partial charge >= 0.3 is 0 Å². The number of carbonyl (C=O) groups excluding carboxylic acids is 1. The average Bonchev–Trinajstić information content (AvgIpc) is 3.05. The Balaban J connectivity index is 1.51. The maximum Gasteiger partial charge on any atom is 0.241 e. The molecule has 0 unspecified atom stereocenters. The summed E-state index contributed by atoms with van der Waals surface area (Å²) in [5.74, 6) is -0.106. The number of amides is 1. The molecule has 2 aromatic heterocycles. The summed E-state index contributed by atoms with van der Waals surface area (Å²) in [5, 5.41) is 6.62. The van der Waals surface area contributed by atoms with Gasteiger partial charge < -0.3 is 4.57 Å². The molecule has 0 bridgehead atoms. The van der Waals surface area contributed by atoms with Crippen LogP contribution in [0.25, 0.3) is 21.8 Å². The van der Waals surface area contributed by atoms with Crippen molar-refractivity contribution in [2.75, 3.05) is 0 Å². The first-order chi connectivity index (χ1) is 13.2. The van der Waals surface area contributed by atoms with E-state index < -0.39 is 0 Å². The molecule has 0 radical (unpaired) electrons. The van der Waals surface area contributed by atoms with E-state index in [4.69, 9.17) is 0 Å². The highest BCUT2D eigenvalue weighted by Gasteiger charge is 2.10. The van der Waals surface area contributed by atoms with E-state index in [1.54, 1.807) is 12.4 Å². The number of pyridine rings is 1. The van der Waals surface area contributed by atoms with E-state index in [0.717, 1.165) is 22.3 Å². The Morgan fingerprint density at radius 2 is 1.56 bits per heavy atom. The second kappa shape index (κ2) is 7.41. The van der Waals surface area contributed by atoms with Crippen LogP contribution < -0.4 is 5.43 Å². The van der Waals surface area contributed by atoms with Crippen molar-refractivity contribution in [2.45, 2.75) is 19.9 Å². The molecule has 0 saturated carbocycles. The molecule has 1 N–H and O–H groups in total. The van der Waals surface area contributed by atoms with Gasteiger partial charge in [0.15, 0.2) is 0 Å². The lowest BCUT2D eigenvalue weighted by Crippen LogP contribution is -2.20. The third-order valence-electron chi connectivity index (χ3n) is 4.69. The first-order valence-corrected chi connectivity index (χ1v) is 8.93. The zero-order valence-corrected chi connectivity index (χ0v) is 15.1. The smallest absolute Gasteiger partial charge is 0.241 e. The SMILES string of the molecule is C/C(=N/NC(=O)CCn1c2ccccc2c2ccccc21)c1ccncc1. The largest absolute Gasteiger partial charge is 0.340 e. The normalized spacial score (nSPS) is 11.8. The second-order valence-corrected chi connectivity index (χ2v) is 6.40. The molecule has 4 rings (SSSR count). The van der Waals surface area contributed by atoms with Gasteiger partial charge in [0.05, 0.1) is 5.71 Å². The molecule has 0 saturated heterocycles. The zero-order chi connectivity index (χ0) is 18.6. The number of hydrogen-bond donors (Lipinski definition) is 1. The second-order valence-electron chi connectivity index (χ2n) is 6.40. The maximum atomic E-state index is 12.3. The van der Waals surface area contributed by atoms with E-state index in [2.05, 4.69) is 44.3 Å². The molecule has 4 aromatic rings. The van der Waals surface area contributed by atoms with E-state index in [9.17, 15) is 4.79 Å². The summed E-state index contributed by atoms with van der Waals surface area (Å²) in [7, 11) is 0. The molecule has 2 heterocycles. The Hall–Kier alpha value is -3.47. The monoisotopic (exact) mass is 356 g/mol. The first-order valence-electron chi connectivity index (χ1n) is 8.93. The van der Waals surface area contributed by atoms with Crippen molar-refractivity contribution in [3.63, 3.8) is 0 Å². The van der Waals surface area contributed by atoms with Crippen molar-refractivity contribution in [2.24, 2.45) is 5.10 Å². The van der Waals surface area contributed by atoms with Crippen LogP contribution in [0.3, 0.4) is 0 Å². The molecule has 1 amide bonds. The number of aryl methyl sites for hydroxylation is 1. The van der Waals surface area contributed by atoms with Gasteiger partial charge in [-0.05, 0) is 31.2 Å². The third kappa shape index (κ3) is 3.44. The van der Waals surface area contributed by atoms with Crippen LogP contribution in [0.15, 0.2) is 78.2 Å². The van der Waals surface area contributed by atoms with E-state index in [1.807, 2.05) is 43.3 Å². The predicted octanol–water partition coefficient (Wildman–Crippen LogP) is 4.12. The molecule has 0 atom stereocenters. The highest BCUT2D eigenvalue weighted by Crippen LogP contribution is 2.28. The Labute approximate surface area is 157 Å². The van der Waals surface area contributed by atoms with Gasteiger partial charge in [-0.25, -0.2) is 5.43 Å². The van der Waals surface area contributed by atoms with Crippen molar-refractivity contribution in [1.29, 1.82) is 0 Å². The standard InChI is InChI=1S/C22H20N4O/c1-16(17-10-13-23-14-11-17)24-25-22(27)12-15-26-20-8-4-2-6-18(20)19-7-3-5-9-21(19)26/h2-11,13-14H,12,15H2,1H3,(H,25,27)/b24-16-. The minimum Gasteiger partial charge on any atom is -0.340 e. The van der Waals surface area contributed by atoms with Crippen molar-refractivity contribution in [3.8, 4) is 0 Å². The minimum atomic E-state index is -0.106. The molecule has 0 fully saturated rings. The van der Waals surface area contributed by atoms with Crippen molar-refractivity contribution >= 4 is 33.4 Å². The highest BCUT2D eigenvalue weighted by atomic mass is 16.2. The predicted molar refractivity (Wildman–Crippen MR) is 109 cm³/mol. The lowest BCUT2D eigenvalue weighted by molar-refractivity contribution is -0.121. The van der Waals surface area contributed by atoms with Crippen molar-refractivity contribution in [1.82, 2.24) is 15.0 Å². The van der Waals surface area contributed by atoms with Gasteiger partial charge in [0, 0.05) is 52.7 Å². The van der Waals surface area contributed by atoms with Gasteiger partial charge in [0.1, 0.15) is 0 Å². The molecule has 5 heteroatoms. The molecular weight excluding hydrogens is 336 g/mol. The highest BCUT2D eigenvalue weighted by molar-refractivity contribution is 6.08. The van der Waals surface area contributed by atoms with Gasteiger partial charge in [0.25, 0.3) is 0 Å². The number of para-hydroxylation sites is 2. The van der Waals surface area contributed by atoms with Crippen LogP contribution in [0, 0.1) is 0 Å². The van der Waals surface area contributed by atoms with Crippen LogP contribution in [0.5, 0.6) is 0 Å². The number of hydrazone groups is 1. The molecule has 0 spiro atoms. The van der Waals surface area contributed by atoms with Crippen LogP contribution in [0.4, 0.5) is 0 Å². The summed E-state index contributed by atoms with van der Waals surface area (Å²) < 4.78 is 2.20. The number of hydrogen-bond acceptors (Lipinski definition) is 3. The van der Waals surface area contributed by atoms with Gasteiger partial charge in [0.2, 0.25) is 5.91 Å². The lowest BCUT2D eigenvalue weighted by atomic mass is 10.2. The van der Waals surface area contributed by atoms with Crippen LogP contribution in [0.2, 0.25) is 0 Å². The Morgan fingerprint density at radius 1 is 0.963 bits per heavy atom. The summed E-state index contributed by atoms with van der Waals surface area (Å²) in [6.45, 7) is 2.46. The van der Waals surface area contributed by atoms with Crippen LogP contribution in [-0.4, -0.2) is 21.2 Å². The van der Waals surface area contributed by atoms with E-state index >= 15 is 0 Å². The molecule has 5 nitrogen and oxygen atoms in total. The number of nitrogens with zero attached hydrogens (tertiary/aromatic N) is 3. The molecule has 2 aromatic carbocycles. The molecule has 134 valence electrons. The third-order valence-corrected chi connectivity index (χ3v) is 4.69. The Kier molecular flexibility index (Phi) is 4.66. The van der Waals surface area contributed by atoms with Crippen molar-refractivity contribution in [3.05, 3.63) is 78.6 Å². The van der Waals surface area contributed by atoms with E-state index in [-0.39, 0.29) is 5.91 Å². The molecule has 27 heavy (non-hydrogen) atoms. The quantitative estimate of drug-likeness (QED) is 0.432. The van der Waals surface area contributed by atoms with Crippen molar-refractivity contribution < 1.29 is 4.79 Å². The fraction of sp³-hybridized carbons (Fsp3) is 0.136. The fourth-order valence-electron chi connectivity index (χ4n) is 3.32. The number of carbonyl (C=O) groups is 1. The zero-order valence-electron chi connectivity index (χ0n) is 15.1. The van der Waals surface area contributed by atoms with E-state index in [0.29, 0.717) is 13.0 Å². The van der Waals surface area contributed by atoms with E-state index in [1.165, 1.54) is 10.8 Å². The first kappa shape index (κ1) is 17.0. The summed E-state index contributed by atoms with van der Waals surface area (Å²) >= 11 is 0. The van der Waals surface area contributed by atoms with Gasteiger partial charge in [-0.2, -0.15) is 5.10 Å². The molecular formula is C22H20N4O. The summed E-state index contributed by atoms with van der Waals surface area (Å²) in [6, 6.07) is 20.3. The lowest BCUT2D eigenvalue weighted by Gasteiger charge is -2.07. The van der Waals surface area contributed by atoms with Gasteiger partial charge in [-0.15, -0.1) is 0 Å². The van der Waals surface area contributed by atoms with Crippen LogP contribution >= 0.6 is 0 Å². The Bertz CT molecular complexity index is 1080. The number of aromatic nitrogens is 2. The number of fused-ring (bicyclic) bond motifs is 3. The summed E-state index contributed by atoms with van der Waals surface area (Å²) in [6.07, 6.45) is 3.77. The number of nitrogens with one attached hydrogen (secondary N) is 1. The topological polar surface area (TPSA) is 59.3 Å². The van der Waals surface area contributed by atoms with Crippen LogP contribution in [-0.2, 0) is 11.3 Å². The fourth-order valence-corrected chi connectivity index (χ4v) is 3.32. The van der Waals surface area contributed by atoms with Gasteiger partial charge in [-0.1, -0.05) is 36.4 Å². The maximum absolute atomic E-state index is 12.3. The summed E-state index contributed by atoms with van der Waals surface area (Å²) in [5.41, 5.74) is 6.63. The average molecular weight is 356 g/mol. The van der Waals surface area contributed by atoms with Gasteiger partial charge in [-0.3, -0.25) is 9.78 Å². The minimum absolute atomic E-state index is 0.106. The summed E-state index contributed by atoms with van der Waals surface area (Å²) in [4.78, 5) is 16.3. The molecule has 0 aliphatic heterocycles. The molecule has 0 aliphatic carbocycles. The Morgan fingerprint density at radius 3 is 2.19 bits per heavy atom. The van der Waals surface area contributed by atoms with Crippen LogP contribution in [0.1, 0.15) is 18.9 Å².